The molecule has 2 aromatic rings. The van der Waals surface area contributed by atoms with Crippen LogP contribution in [0.15, 0.2) is 28.7 Å². The lowest BCUT2D eigenvalue weighted by Gasteiger charge is -2.18. The molecule has 1 heterocycles. The number of benzene rings is 1. The molecule has 0 aliphatic rings. The Kier molecular flexibility index (Phi) is 6.18. The van der Waals surface area contributed by atoms with Gasteiger partial charge in [0.2, 0.25) is 0 Å². The van der Waals surface area contributed by atoms with Gasteiger partial charge in [0.25, 0.3) is 6.43 Å². The molecule has 1 N–H and O–H groups in total. The maximum atomic E-state index is 13.1. The van der Waals surface area contributed by atoms with E-state index >= 15 is 0 Å². The number of thiazole rings is 1. The molecule has 0 fully saturated rings. The molecule has 6 heteroatoms. The van der Waals surface area contributed by atoms with E-state index in [-0.39, 0.29) is 11.5 Å². The van der Waals surface area contributed by atoms with Crippen LogP contribution in [0.4, 0.5) is 14.5 Å². The van der Waals surface area contributed by atoms with Gasteiger partial charge in [-0.05, 0) is 31.7 Å². The highest BCUT2D eigenvalue weighted by atomic mass is 32.1. The van der Waals surface area contributed by atoms with Gasteiger partial charge in [0, 0.05) is 28.4 Å². The molecular formula is C18H22F2N2OS. The topological polar surface area (TPSA) is 45.5 Å². The minimum Gasteiger partial charge on any atom is -0.382 e. The van der Waals surface area contributed by atoms with Crippen molar-refractivity contribution < 1.29 is 13.9 Å². The Hall–Kier alpha value is -1.66. The number of halogens is 2. The third-order valence-electron chi connectivity index (χ3n) is 4.30. The summed E-state index contributed by atoms with van der Waals surface area (Å²) in [6, 6.07) is 3.26. The van der Waals surface area contributed by atoms with E-state index < -0.39 is 12.5 Å². The maximum absolute atomic E-state index is 13.1. The lowest BCUT2D eigenvalue weighted by molar-refractivity contribution is -0.00546. The van der Waals surface area contributed by atoms with Crippen molar-refractivity contribution in [2.45, 2.75) is 46.6 Å². The first-order valence-electron chi connectivity index (χ1n) is 7.91. The van der Waals surface area contributed by atoms with E-state index in [9.17, 15) is 13.9 Å². The van der Waals surface area contributed by atoms with Gasteiger partial charge in [0.15, 0.2) is 0 Å². The van der Waals surface area contributed by atoms with Crippen molar-refractivity contribution in [2.75, 3.05) is 0 Å². The van der Waals surface area contributed by atoms with E-state index in [1.807, 2.05) is 26.2 Å². The summed E-state index contributed by atoms with van der Waals surface area (Å²) in [5, 5.41) is 12.6. The van der Waals surface area contributed by atoms with Crippen LogP contribution in [-0.4, -0.2) is 22.2 Å². The average Bonchev–Trinajstić information content (AvgIpc) is 3.09. The molecule has 0 saturated carbocycles. The molecule has 24 heavy (non-hydrogen) atoms. The third kappa shape index (κ3) is 3.87. The fraction of sp³-hybridized carbons (Fsp3) is 0.444. The molecule has 0 aliphatic heterocycles. The highest BCUT2D eigenvalue weighted by Crippen LogP contribution is 2.38. The van der Waals surface area contributed by atoms with E-state index in [1.54, 1.807) is 12.3 Å². The quantitative estimate of drug-likeness (QED) is 0.692. The Morgan fingerprint density at radius 2 is 2.08 bits per heavy atom. The summed E-state index contributed by atoms with van der Waals surface area (Å²) >= 11 is 1.48. The van der Waals surface area contributed by atoms with E-state index in [1.165, 1.54) is 17.4 Å². The maximum Gasteiger partial charge on any atom is 0.268 e. The fourth-order valence-electron chi connectivity index (χ4n) is 2.41. The number of hydrogen-bond donors (Lipinski definition) is 1. The number of nitrogens with zero attached hydrogens (tertiary/aromatic N) is 2. The normalized spacial score (nSPS) is 14.9. The second-order valence-electron chi connectivity index (χ2n) is 5.85. The van der Waals surface area contributed by atoms with E-state index in [0.717, 1.165) is 28.3 Å². The molecule has 2 rings (SSSR count). The number of aliphatic imine (C=N–C) groups is 1. The van der Waals surface area contributed by atoms with Crippen LogP contribution in [-0.2, 0) is 0 Å². The zero-order chi connectivity index (χ0) is 17.9. The highest BCUT2D eigenvalue weighted by Gasteiger charge is 2.25. The molecule has 0 saturated heterocycles. The molecule has 0 bridgehead atoms. The van der Waals surface area contributed by atoms with Crippen LogP contribution in [0.25, 0.3) is 10.6 Å². The number of alkyl halides is 2. The fourth-order valence-corrected chi connectivity index (χ4v) is 3.13. The molecule has 3 nitrogen and oxygen atoms in total. The molecule has 0 aliphatic carbocycles. The van der Waals surface area contributed by atoms with Crippen molar-refractivity contribution in [3.8, 4) is 10.6 Å². The molecular weight excluding hydrogens is 330 g/mol. The number of aromatic nitrogens is 1. The van der Waals surface area contributed by atoms with Gasteiger partial charge in [-0.3, -0.25) is 4.99 Å². The highest BCUT2D eigenvalue weighted by molar-refractivity contribution is 7.13. The number of aliphatic hydroxyl groups excluding tert-OH is 1. The molecule has 0 amide bonds. The third-order valence-corrected chi connectivity index (χ3v) is 5.10. The monoisotopic (exact) mass is 352 g/mol. The van der Waals surface area contributed by atoms with E-state index in [2.05, 4.69) is 16.9 Å². The van der Waals surface area contributed by atoms with Gasteiger partial charge in [0.1, 0.15) is 11.1 Å². The molecule has 130 valence electrons. The lowest BCUT2D eigenvalue weighted by Crippen LogP contribution is -2.10. The number of aliphatic hydroxyl groups is 1. The summed E-state index contributed by atoms with van der Waals surface area (Å²) in [7, 11) is 0. The predicted octanol–water partition coefficient (Wildman–Crippen LogP) is 5.56. The minimum atomic E-state index is -2.85. The van der Waals surface area contributed by atoms with Crippen LogP contribution >= 0.6 is 11.3 Å². The van der Waals surface area contributed by atoms with E-state index in [4.69, 9.17) is 0 Å². The van der Waals surface area contributed by atoms with E-state index in [0.29, 0.717) is 5.69 Å². The smallest absolute Gasteiger partial charge is 0.268 e. The van der Waals surface area contributed by atoms with Gasteiger partial charge in [0.05, 0.1) is 5.69 Å². The zero-order valence-electron chi connectivity index (χ0n) is 14.3. The Morgan fingerprint density at radius 1 is 1.38 bits per heavy atom. The van der Waals surface area contributed by atoms with Crippen LogP contribution in [0.1, 0.15) is 44.4 Å². The molecule has 0 spiro atoms. The van der Waals surface area contributed by atoms with Crippen molar-refractivity contribution >= 4 is 22.7 Å². The van der Waals surface area contributed by atoms with Crippen LogP contribution < -0.4 is 0 Å². The molecule has 0 radical (unpaired) electrons. The standard InChI is InChI=1S/C18H22F2N2OS/c1-5-10(2)12(4)22-15-11(3)13(18-21-8-9-24-18)6-7-14(15)16(23)17(19)20/h6-10,16-17,23H,5H2,1-4H3. The summed E-state index contributed by atoms with van der Waals surface area (Å²) < 4.78 is 26.1. The minimum absolute atomic E-state index is 0.158. The lowest BCUT2D eigenvalue weighted by atomic mass is 9.97. The van der Waals surface area contributed by atoms with Gasteiger partial charge < -0.3 is 5.11 Å². The average molecular weight is 352 g/mol. The van der Waals surface area contributed by atoms with Crippen molar-refractivity contribution in [3.63, 3.8) is 0 Å². The molecule has 2 unspecified atom stereocenters. The Labute approximate surface area is 145 Å². The van der Waals surface area contributed by atoms with Crippen LogP contribution in [0, 0.1) is 12.8 Å². The zero-order valence-corrected chi connectivity index (χ0v) is 15.1. The van der Waals surface area contributed by atoms with Gasteiger partial charge >= 0.3 is 0 Å². The van der Waals surface area contributed by atoms with Crippen LogP contribution in [0.3, 0.4) is 0 Å². The van der Waals surface area contributed by atoms with Gasteiger partial charge in [-0.1, -0.05) is 26.0 Å². The second kappa shape index (κ2) is 7.94. The summed E-state index contributed by atoms with van der Waals surface area (Å²) in [6.45, 7) is 7.82. The molecule has 2 atom stereocenters. The van der Waals surface area contributed by atoms with Gasteiger partial charge in [-0.2, -0.15) is 0 Å². The largest absolute Gasteiger partial charge is 0.382 e. The van der Waals surface area contributed by atoms with Crippen molar-refractivity contribution in [1.82, 2.24) is 4.98 Å². The second-order valence-corrected chi connectivity index (χ2v) is 6.75. The SMILES string of the molecule is CCC(C)C(C)=Nc1c(C(O)C(F)F)ccc(-c2nccs2)c1C. The number of hydrogen-bond acceptors (Lipinski definition) is 4. The van der Waals surface area contributed by atoms with Crippen molar-refractivity contribution in [2.24, 2.45) is 10.9 Å². The van der Waals surface area contributed by atoms with Gasteiger partial charge in [-0.15, -0.1) is 11.3 Å². The first-order chi connectivity index (χ1) is 11.4. The van der Waals surface area contributed by atoms with Crippen LogP contribution in [0.2, 0.25) is 0 Å². The Bertz CT molecular complexity index is 714. The Balaban J connectivity index is 2.63. The summed E-state index contributed by atoms with van der Waals surface area (Å²) in [5.74, 6) is 0.240. The predicted molar refractivity (Wildman–Crippen MR) is 95.5 cm³/mol. The Morgan fingerprint density at radius 3 is 2.62 bits per heavy atom. The van der Waals surface area contributed by atoms with Crippen molar-refractivity contribution in [1.29, 1.82) is 0 Å². The first-order valence-corrected chi connectivity index (χ1v) is 8.79. The molecule has 1 aromatic carbocycles. The first kappa shape index (κ1) is 18.7. The summed E-state index contributed by atoms with van der Waals surface area (Å²) in [5.41, 5.74) is 3.05. The number of rotatable bonds is 6. The van der Waals surface area contributed by atoms with Crippen molar-refractivity contribution in [3.05, 3.63) is 34.8 Å². The molecule has 1 aromatic heterocycles. The van der Waals surface area contributed by atoms with Gasteiger partial charge in [-0.25, -0.2) is 13.8 Å². The summed E-state index contributed by atoms with van der Waals surface area (Å²) in [6.07, 6.45) is -2.09. The summed E-state index contributed by atoms with van der Waals surface area (Å²) in [4.78, 5) is 8.89. The van der Waals surface area contributed by atoms with Crippen LogP contribution in [0.5, 0.6) is 0 Å².